The Morgan fingerprint density at radius 2 is 2.10 bits per heavy atom. The quantitative estimate of drug-likeness (QED) is 0.682. The van der Waals surface area contributed by atoms with Gasteiger partial charge < -0.3 is 14.4 Å². The van der Waals surface area contributed by atoms with Crippen LogP contribution >= 0.6 is 11.6 Å². The summed E-state index contributed by atoms with van der Waals surface area (Å²) in [5.74, 6) is -2.99. The Kier molecular flexibility index (Phi) is 3.09. The van der Waals surface area contributed by atoms with Crippen LogP contribution in [0.25, 0.3) is 10.9 Å². The molecule has 1 saturated carbocycles. The molecule has 1 N–H and O–H groups in total. The summed E-state index contributed by atoms with van der Waals surface area (Å²) in [6, 6.07) is 0.651. The molecular weight excluding hydrogens is 308 g/mol. The van der Waals surface area contributed by atoms with E-state index in [9.17, 15) is 18.4 Å². The fourth-order valence-corrected chi connectivity index (χ4v) is 2.49. The molecule has 2 aromatic rings. The van der Waals surface area contributed by atoms with Crippen molar-refractivity contribution in [2.45, 2.75) is 18.9 Å². The highest BCUT2D eigenvalue weighted by Crippen LogP contribution is 2.40. The number of carboxylic acid groups (broad SMARTS) is 1. The van der Waals surface area contributed by atoms with E-state index in [0.29, 0.717) is 6.07 Å². The van der Waals surface area contributed by atoms with E-state index in [4.69, 9.17) is 16.7 Å². The molecule has 0 radical (unpaired) electrons. The molecule has 1 fully saturated rings. The molecule has 3 rings (SSSR count). The van der Waals surface area contributed by atoms with Crippen molar-refractivity contribution in [2.24, 2.45) is 0 Å². The largest absolute Gasteiger partial charge is 0.511 e. The Morgan fingerprint density at radius 1 is 1.43 bits per heavy atom. The van der Waals surface area contributed by atoms with Crippen molar-refractivity contribution in [1.29, 1.82) is 0 Å². The normalized spacial score (nSPS) is 14.4. The molecule has 0 bridgehead atoms. The summed E-state index contributed by atoms with van der Waals surface area (Å²) in [5.41, 5.74) is -0.814. The van der Waals surface area contributed by atoms with Crippen LogP contribution in [0.5, 0.6) is 5.75 Å². The molecule has 5 nitrogen and oxygen atoms in total. The summed E-state index contributed by atoms with van der Waals surface area (Å²) in [5, 5.41) is 7.91. The molecule has 8 heteroatoms. The van der Waals surface area contributed by atoms with Gasteiger partial charge in [-0.3, -0.25) is 4.79 Å². The van der Waals surface area contributed by atoms with Gasteiger partial charge in [0.05, 0.1) is 17.1 Å². The maximum Gasteiger partial charge on any atom is 0.511 e. The molecule has 0 unspecified atom stereocenters. The monoisotopic (exact) mass is 315 g/mol. The first-order valence-corrected chi connectivity index (χ1v) is 6.41. The van der Waals surface area contributed by atoms with Crippen LogP contribution in [0.4, 0.5) is 13.6 Å². The number of pyridine rings is 1. The van der Waals surface area contributed by atoms with Gasteiger partial charge in [-0.2, -0.15) is 0 Å². The SMILES string of the molecule is O=C(O)Oc1cn(C2CC2)c2c(Cl)c(F)c(F)cc2c1=O. The number of rotatable bonds is 2. The third-order valence-corrected chi connectivity index (χ3v) is 3.60. The standard InChI is InChI=1S/C13H8ClF2NO4/c14-9-10(16)7(15)3-6-11(9)17(5-1-2-5)4-8(12(6)18)21-13(19)20/h3-5H,1-2H2,(H,19,20). The Bertz CT molecular complexity index is 829. The van der Waals surface area contributed by atoms with E-state index in [2.05, 4.69) is 4.74 Å². The molecule has 110 valence electrons. The van der Waals surface area contributed by atoms with Gasteiger partial charge in [0.15, 0.2) is 17.4 Å². The highest BCUT2D eigenvalue weighted by Gasteiger charge is 2.29. The van der Waals surface area contributed by atoms with Crippen molar-refractivity contribution in [2.75, 3.05) is 0 Å². The minimum atomic E-state index is -1.66. The molecule has 1 aromatic carbocycles. The lowest BCUT2D eigenvalue weighted by Gasteiger charge is -2.13. The van der Waals surface area contributed by atoms with E-state index in [1.54, 1.807) is 0 Å². The van der Waals surface area contributed by atoms with E-state index in [-0.39, 0.29) is 16.9 Å². The summed E-state index contributed by atoms with van der Waals surface area (Å²) in [6.45, 7) is 0. The van der Waals surface area contributed by atoms with Crippen LogP contribution in [-0.2, 0) is 0 Å². The number of fused-ring (bicyclic) bond motifs is 1. The van der Waals surface area contributed by atoms with E-state index in [1.165, 1.54) is 10.8 Å². The zero-order valence-corrected chi connectivity index (χ0v) is 11.2. The van der Waals surface area contributed by atoms with Crippen LogP contribution in [0.2, 0.25) is 5.02 Å². The van der Waals surface area contributed by atoms with E-state index in [1.807, 2.05) is 0 Å². The van der Waals surface area contributed by atoms with Crippen LogP contribution < -0.4 is 10.2 Å². The van der Waals surface area contributed by atoms with Crippen molar-refractivity contribution < 1.29 is 23.4 Å². The van der Waals surface area contributed by atoms with Crippen molar-refractivity contribution in [3.8, 4) is 5.75 Å². The number of benzene rings is 1. The highest BCUT2D eigenvalue weighted by atomic mass is 35.5. The summed E-state index contributed by atoms with van der Waals surface area (Å²) in [6.07, 6.45) is 1.03. The molecule has 0 spiro atoms. The Labute approximate surface area is 121 Å². The summed E-state index contributed by atoms with van der Waals surface area (Å²) >= 11 is 5.81. The first-order chi connectivity index (χ1) is 9.90. The minimum Gasteiger partial charge on any atom is -0.449 e. The van der Waals surface area contributed by atoms with Crippen molar-refractivity contribution in [3.63, 3.8) is 0 Å². The van der Waals surface area contributed by atoms with Crippen LogP contribution in [0, 0.1) is 11.6 Å². The third-order valence-electron chi connectivity index (χ3n) is 3.26. The summed E-state index contributed by atoms with van der Waals surface area (Å²) in [7, 11) is 0. The molecule has 1 heterocycles. The van der Waals surface area contributed by atoms with Crippen LogP contribution in [0.15, 0.2) is 17.1 Å². The second-order valence-electron chi connectivity index (χ2n) is 4.71. The molecule has 0 amide bonds. The lowest BCUT2D eigenvalue weighted by molar-refractivity contribution is 0.143. The van der Waals surface area contributed by atoms with Crippen LogP contribution in [0.3, 0.4) is 0 Å². The number of nitrogens with zero attached hydrogens (tertiary/aromatic N) is 1. The molecule has 1 aliphatic rings. The third kappa shape index (κ3) is 2.23. The van der Waals surface area contributed by atoms with Crippen molar-refractivity contribution in [3.05, 3.63) is 39.1 Å². The molecule has 1 aromatic heterocycles. The smallest absolute Gasteiger partial charge is 0.449 e. The highest BCUT2D eigenvalue weighted by molar-refractivity contribution is 6.35. The molecular formula is C13H8ClF2NO4. The number of halogens is 3. The fourth-order valence-electron chi connectivity index (χ4n) is 2.20. The molecule has 0 atom stereocenters. The van der Waals surface area contributed by atoms with Gasteiger partial charge in [-0.15, -0.1) is 0 Å². The second kappa shape index (κ2) is 4.70. The average molecular weight is 316 g/mol. The van der Waals surface area contributed by atoms with Gasteiger partial charge in [0.1, 0.15) is 5.02 Å². The zero-order valence-electron chi connectivity index (χ0n) is 10.4. The number of hydrogen-bond acceptors (Lipinski definition) is 3. The van der Waals surface area contributed by atoms with E-state index >= 15 is 0 Å². The van der Waals surface area contributed by atoms with Crippen molar-refractivity contribution in [1.82, 2.24) is 4.57 Å². The summed E-state index contributed by atoms with van der Waals surface area (Å²) < 4.78 is 33.0. The van der Waals surface area contributed by atoms with Crippen molar-refractivity contribution >= 4 is 28.7 Å². The maximum atomic E-state index is 13.6. The Morgan fingerprint density at radius 3 is 2.67 bits per heavy atom. The van der Waals surface area contributed by atoms with Gasteiger partial charge in [-0.25, -0.2) is 13.6 Å². The zero-order chi connectivity index (χ0) is 15.3. The number of carbonyl (C=O) groups is 1. The minimum absolute atomic E-state index is 0.0424. The molecule has 21 heavy (non-hydrogen) atoms. The van der Waals surface area contributed by atoms with E-state index < -0.39 is 34.0 Å². The van der Waals surface area contributed by atoms with Gasteiger partial charge in [0, 0.05) is 6.04 Å². The molecule has 0 saturated heterocycles. The lowest BCUT2D eigenvalue weighted by atomic mass is 10.1. The Balaban J connectivity index is 2.40. The van der Waals surface area contributed by atoms with Gasteiger partial charge in [0.2, 0.25) is 5.43 Å². The van der Waals surface area contributed by atoms with Crippen LogP contribution in [0.1, 0.15) is 18.9 Å². The van der Waals surface area contributed by atoms with Gasteiger partial charge >= 0.3 is 6.16 Å². The fraction of sp³-hybridized carbons (Fsp3) is 0.231. The van der Waals surface area contributed by atoms with E-state index in [0.717, 1.165) is 12.8 Å². The first-order valence-electron chi connectivity index (χ1n) is 6.03. The topological polar surface area (TPSA) is 68.5 Å². The molecule has 0 aliphatic heterocycles. The van der Waals surface area contributed by atoms with Gasteiger partial charge in [-0.05, 0) is 18.9 Å². The maximum absolute atomic E-state index is 13.6. The van der Waals surface area contributed by atoms with Gasteiger partial charge in [-0.1, -0.05) is 11.6 Å². The molecule has 1 aliphatic carbocycles. The summed E-state index contributed by atoms with van der Waals surface area (Å²) in [4.78, 5) is 22.7. The predicted molar refractivity (Wildman–Crippen MR) is 70.1 cm³/mol. The predicted octanol–water partition coefficient (Wildman–Crippen LogP) is 3.32. The first kappa shape index (κ1) is 13.8. The second-order valence-corrected chi connectivity index (χ2v) is 5.09. The van der Waals surface area contributed by atoms with Gasteiger partial charge in [0.25, 0.3) is 0 Å². The van der Waals surface area contributed by atoms with Crippen LogP contribution in [-0.4, -0.2) is 15.8 Å². The number of hydrogen-bond donors (Lipinski definition) is 1. The number of ether oxygens (including phenoxy) is 1. The number of aromatic nitrogens is 1. The lowest BCUT2D eigenvalue weighted by Crippen LogP contribution is -2.17. The Hall–Kier alpha value is -2.15. The average Bonchev–Trinajstić information content (AvgIpc) is 3.23.